The summed E-state index contributed by atoms with van der Waals surface area (Å²) in [5.74, 6) is 2.39. The molecule has 3 nitrogen and oxygen atoms in total. The minimum absolute atomic E-state index is 0.172. The highest BCUT2D eigenvalue weighted by Crippen LogP contribution is 2.41. The Morgan fingerprint density at radius 3 is 2.52 bits per heavy atom. The molecule has 0 heterocycles. The predicted octanol–water partition coefficient (Wildman–Crippen LogP) is 3.70. The molecule has 2 atom stereocenters. The van der Waals surface area contributed by atoms with Gasteiger partial charge in [0.15, 0.2) is 0 Å². The first-order chi connectivity index (χ1) is 11.1. The second-order valence-electron chi connectivity index (χ2n) is 6.79. The molecule has 0 saturated heterocycles. The average molecular weight is 353 g/mol. The fourth-order valence-electron chi connectivity index (χ4n) is 4.02. The summed E-state index contributed by atoms with van der Waals surface area (Å²) in [4.78, 5) is 13.6. The first kappa shape index (κ1) is 17.1. The molecule has 2 saturated carbocycles. The van der Waals surface area contributed by atoms with Crippen molar-refractivity contribution in [3.63, 3.8) is 0 Å². The highest BCUT2D eigenvalue weighted by atomic mass is 35.5. The summed E-state index contributed by atoms with van der Waals surface area (Å²) in [5, 5.41) is 3.86. The summed E-state index contributed by atoms with van der Waals surface area (Å²) < 4.78 is 0. The number of nitrogens with two attached hydrogens (primary N) is 1. The van der Waals surface area contributed by atoms with Gasteiger partial charge >= 0.3 is 0 Å². The Balaban J connectivity index is 1.40. The van der Waals surface area contributed by atoms with Crippen LogP contribution in [0.3, 0.4) is 0 Å². The molecule has 5 heteroatoms. The molecule has 3 N–H and O–H groups in total. The number of hydrogen-bond acceptors (Lipinski definition) is 3. The summed E-state index contributed by atoms with van der Waals surface area (Å²) in [6.45, 7) is 0.712. The smallest absolute Gasteiger partial charge is 0.223 e. The highest BCUT2D eigenvalue weighted by molar-refractivity contribution is 7.99. The number of halogens is 1. The van der Waals surface area contributed by atoms with Gasteiger partial charge in [-0.2, -0.15) is 0 Å². The SMILES string of the molecule is NC1C2CCCC1CC(C(=O)NCCSc1ccc(Cl)cc1)C2. The van der Waals surface area contributed by atoms with E-state index in [4.69, 9.17) is 17.3 Å². The summed E-state index contributed by atoms with van der Waals surface area (Å²) in [5.41, 5.74) is 6.30. The second kappa shape index (κ2) is 7.91. The van der Waals surface area contributed by atoms with Crippen molar-refractivity contribution in [3.8, 4) is 0 Å². The predicted molar refractivity (Wildman–Crippen MR) is 96.7 cm³/mol. The normalized spacial score (nSPS) is 30.0. The van der Waals surface area contributed by atoms with Crippen LogP contribution >= 0.6 is 23.4 Å². The van der Waals surface area contributed by atoms with Gasteiger partial charge in [-0.25, -0.2) is 0 Å². The molecule has 1 amide bonds. The maximum absolute atomic E-state index is 12.4. The van der Waals surface area contributed by atoms with E-state index in [1.54, 1.807) is 11.8 Å². The van der Waals surface area contributed by atoms with Gasteiger partial charge < -0.3 is 11.1 Å². The molecule has 0 aromatic heterocycles. The number of hydrogen-bond donors (Lipinski definition) is 2. The van der Waals surface area contributed by atoms with Crippen LogP contribution in [-0.2, 0) is 4.79 Å². The molecule has 3 rings (SSSR count). The van der Waals surface area contributed by atoms with E-state index in [-0.39, 0.29) is 11.8 Å². The average Bonchev–Trinajstić information content (AvgIpc) is 2.53. The number of carbonyl (C=O) groups is 1. The molecule has 2 aliphatic carbocycles. The van der Waals surface area contributed by atoms with Crippen LogP contribution < -0.4 is 11.1 Å². The number of thioether (sulfide) groups is 1. The first-order valence-corrected chi connectivity index (χ1v) is 9.91. The summed E-state index contributed by atoms with van der Waals surface area (Å²) in [7, 11) is 0. The Morgan fingerprint density at radius 1 is 1.22 bits per heavy atom. The molecule has 0 aliphatic heterocycles. The van der Waals surface area contributed by atoms with Gasteiger partial charge in [-0.3, -0.25) is 4.79 Å². The fourth-order valence-corrected chi connectivity index (χ4v) is 4.92. The van der Waals surface area contributed by atoms with E-state index < -0.39 is 0 Å². The third kappa shape index (κ3) is 4.43. The zero-order chi connectivity index (χ0) is 16.2. The third-order valence-electron chi connectivity index (χ3n) is 5.27. The van der Waals surface area contributed by atoms with Crippen LogP contribution in [0.1, 0.15) is 32.1 Å². The van der Waals surface area contributed by atoms with Crippen LogP contribution in [-0.4, -0.2) is 24.2 Å². The third-order valence-corrected chi connectivity index (χ3v) is 6.53. The van der Waals surface area contributed by atoms with Gasteiger partial charge in [-0.15, -0.1) is 11.8 Å². The van der Waals surface area contributed by atoms with E-state index in [9.17, 15) is 4.79 Å². The lowest BCUT2D eigenvalue weighted by atomic mass is 9.65. The van der Waals surface area contributed by atoms with Gasteiger partial charge in [-0.05, 0) is 61.8 Å². The van der Waals surface area contributed by atoms with E-state index in [1.807, 2.05) is 24.3 Å². The van der Waals surface area contributed by atoms with E-state index in [2.05, 4.69) is 5.32 Å². The minimum atomic E-state index is 0.172. The topological polar surface area (TPSA) is 55.1 Å². The zero-order valence-electron chi connectivity index (χ0n) is 13.3. The van der Waals surface area contributed by atoms with Crippen LogP contribution in [0.15, 0.2) is 29.2 Å². The van der Waals surface area contributed by atoms with E-state index in [0.717, 1.165) is 23.6 Å². The van der Waals surface area contributed by atoms with Gasteiger partial charge in [0.25, 0.3) is 0 Å². The Labute approximate surface area is 147 Å². The number of nitrogens with one attached hydrogen (secondary N) is 1. The lowest BCUT2D eigenvalue weighted by Gasteiger charge is -2.43. The number of carbonyl (C=O) groups excluding carboxylic acids is 1. The molecule has 126 valence electrons. The lowest BCUT2D eigenvalue weighted by molar-refractivity contribution is -0.127. The molecule has 1 aromatic carbocycles. The van der Waals surface area contributed by atoms with Gasteiger partial charge in [0.05, 0.1) is 0 Å². The van der Waals surface area contributed by atoms with Gasteiger partial charge in [-0.1, -0.05) is 18.0 Å². The highest BCUT2D eigenvalue weighted by Gasteiger charge is 2.40. The van der Waals surface area contributed by atoms with Crippen molar-refractivity contribution in [1.29, 1.82) is 0 Å². The molecule has 1 aromatic rings. The van der Waals surface area contributed by atoms with E-state index in [0.29, 0.717) is 24.4 Å². The molecular weight excluding hydrogens is 328 g/mol. The molecule has 2 fully saturated rings. The van der Waals surface area contributed by atoms with Crippen molar-refractivity contribution in [2.45, 2.75) is 43.0 Å². The second-order valence-corrected chi connectivity index (χ2v) is 8.39. The molecule has 2 unspecified atom stereocenters. The van der Waals surface area contributed by atoms with E-state index >= 15 is 0 Å². The standard InChI is InChI=1S/C18H25ClN2OS/c19-15-4-6-16(7-5-15)23-9-8-21-18(22)14-10-12-2-1-3-13(11-14)17(12)20/h4-7,12-14,17H,1-3,8-11,20H2,(H,21,22). The molecule has 2 bridgehead atoms. The quantitative estimate of drug-likeness (QED) is 0.627. The maximum Gasteiger partial charge on any atom is 0.223 e. The maximum atomic E-state index is 12.4. The lowest BCUT2D eigenvalue weighted by Crippen LogP contribution is -2.49. The van der Waals surface area contributed by atoms with Crippen molar-refractivity contribution in [2.24, 2.45) is 23.5 Å². The molecule has 0 radical (unpaired) electrons. The Bertz CT molecular complexity index is 522. The van der Waals surface area contributed by atoms with Gasteiger partial charge in [0.2, 0.25) is 5.91 Å². The number of fused-ring (bicyclic) bond motifs is 2. The van der Waals surface area contributed by atoms with Crippen molar-refractivity contribution >= 4 is 29.3 Å². The van der Waals surface area contributed by atoms with Crippen LogP contribution in [0.5, 0.6) is 0 Å². The first-order valence-electron chi connectivity index (χ1n) is 8.55. The van der Waals surface area contributed by atoms with Crippen LogP contribution in [0.2, 0.25) is 5.02 Å². The molecule has 0 spiro atoms. The Morgan fingerprint density at radius 2 is 1.87 bits per heavy atom. The monoisotopic (exact) mass is 352 g/mol. The van der Waals surface area contributed by atoms with Gasteiger partial charge in [0.1, 0.15) is 0 Å². The van der Waals surface area contributed by atoms with Crippen LogP contribution in [0.25, 0.3) is 0 Å². The minimum Gasteiger partial charge on any atom is -0.355 e. The zero-order valence-corrected chi connectivity index (χ0v) is 14.9. The largest absolute Gasteiger partial charge is 0.355 e. The van der Waals surface area contributed by atoms with Gasteiger partial charge in [0, 0.05) is 34.2 Å². The number of amides is 1. The molecular formula is C18H25ClN2OS. The summed E-state index contributed by atoms with van der Waals surface area (Å²) in [6.07, 6.45) is 5.65. The number of rotatable bonds is 5. The molecule has 2 aliphatic rings. The Hall–Kier alpha value is -0.710. The van der Waals surface area contributed by atoms with E-state index in [1.165, 1.54) is 24.2 Å². The van der Waals surface area contributed by atoms with Crippen molar-refractivity contribution in [2.75, 3.05) is 12.3 Å². The number of benzene rings is 1. The van der Waals surface area contributed by atoms with Crippen molar-refractivity contribution < 1.29 is 4.79 Å². The van der Waals surface area contributed by atoms with Crippen LogP contribution in [0.4, 0.5) is 0 Å². The van der Waals surface area contributed by atoms with Crippen molar-refractivity contribution in [1.82, 2.24) is 5.32 Å². The summed E-state index contributed by atoms with van der Waals surface area (Å²) >= 11 is 7.62. The summed E-state index contributed by atoms with van der Waals surface area (Å²) in [6, 6.07) is 8.14. The van der Waals surface area contributed by atoms with Crippen LogP contribution in [0, 0.1) is 17.8 Å². The van der Waals surface area contributed by atoms with Crippen molar-refractivity contribution in [3.05, 3.63) is 29.3 Å². The fraction of sp³-hybridized carbons (Fsp3) is 0.611. The Kier molecular flexibility index (Phi) is 5.89. The molecule has 23 heavy (non-hydrogen) atoms.